The number of para-hydroxylation sites is 2. The maximum Gasteiger partial charge on any atom is 0.0643 e. The standard InChI is InChI=1S/C14H14ClN/c1-10-6-3-4-9-13(10)16-14-11(2)7-5-8-12(14)15/h3-9,16H,1-2H3. The van der Waals surface area contributed by atoms with Gasteiger partial charge in [-0.1, -0.05) is 41.9 Å². The average molecular weight is 232 g/mol. The van der Waals surface area contributed by atoms with E-state index >= 15 is 0 Å². The molecule has 0 saturated carbocycles. The van der Waals surface area contributed by atoms with Gasteiger partial charge in [0, 0.05) is 5.69 Å². The highest BCUT2D eigenvalue weighted by Gasteiger charge is 2.04. The molecule has 2 aromatic carbocycles. The van der Waals surface area contributed by atoms with Crippen molar-refractivity contribution in [1.82, 2.24) is 0 Å². The number of benzene rings is 2. The molecule has 82 valence electrons. The molecular formula is C14H14ClN. The van der Waals surface area contributed by atoms with Crippen LogP contribution in [0.15, 0.2) is 42.5 Å². The van der Waals surface area contributed by atoms with Gasteiger partial charge in [0.2, 0.25) is 0 Å². The highest BCUT2D eigenvalue weighted by atomic mass is 35.5. The van der Waals surface area contributed by atoms with Crippen LogP contribution in [0.5, 0.6) is 0 Å². The van der Waals surface area contributed by atoms with E-state index in [4.69, 9.17) is 11.6 Å². The Bertz CT molecular complexity index is 486. The molecule has 1 N–H and O–H groups in total. The van der Waals surface area contributed by atoms with Crippen molar-refractivity contribution >= 4 is 23.0 Å². The largest absolute Gasteiger partial charge is 0.354 e. The molecule has 2 aromatic rings. The quantitative estimate of drug-likeness (QED) is 0.790. The number of aryl methyl sites for hydroxylation is 2. The molecular weight excluding hydrogens is 218 g/mol. The Hall–Kier alpha value is -1.47. The zero-order valence-corrected chi connectivity index (χ0v) is 10.2. The lowest BCUT2D eigenvalue weighted by atomic mass is 10.1. The summed E-state index contributed by atoms with van der Waals surface area (Å²) in [7, 11) is 0. The molecule has 0 amide bonds. The van der Waals surface area contributed by atoms with Crippen molar-refractivity contribution in [1.29, 1.82) is 0 Å². The van der Waals surface area contributed by atoms with Crippen molar-refractivity contribution in [3.63, 3.8) is 0 Å². The fourth-order valence-corrected chi connectivity index (χ4v) is 1.91. The summed E-state index contributed by atoms with van der Waals surface area (Å²) in [5.41, 5.74) is 4.44. The smallest absolute Gasteiger partial charge is 0.0643 e. The van der Waals surface area contributed by atoms with Crippen LogP contribution in [-0.4, -0.2) is 0 Å². The Morgan fingerprint density at radius 1 is 0.875 bits per heavy atom. The number of hydrogen-bond donors (Lipinski definition) is 1. The van der Waals surface area contributed by atoms with Gasteiger partial charge >= 0.3 is 0 Å². The number of hydrogen-bond acceptors (Lipinski definition) is 1. The first-order valence-electron chi connectivity index (χ1n) is 5.26. The first-order chi connectivity index (χ1) is 7.68. The van der Waals surface area contributed by atoms with Gasteiger partial charge in [-0.15, -0.1) is 0 Å². The second-order valence-electron chi connectivity index (χ2n) is 3.87. The van der Waals surface area contributed by atoms with Gasteiger partial charge in [0.1, 0.15) is 0 Å². The third-order valence-electron chi connectivity index (χ3n) is 2.63. The minimum atomic E-state index is 0.753. The maximum atomic E-state index is 6.17. The lowest BCUT2D eigenvalue weighted by molar-refractivity contribution is 1.39. The summed E-state index contributed by atoms with van der Waals surface area (Å²) in [5, 5.41) is 4.13. The molecule has 2 rings (SSSR count). The lowest BCUT2D eigenvalue weighted by Gasteiger charge is -2.13. The van der Waals surface area contributed by atoms with Crippen LogP contribution >= 0.6 is 11.6 Å². The van der Waals surface area contributed by atoms with Gasteiger partial charge in [-0.05, 0) is 37.1 Å². The first-order valence-corrected chi connectivity index (χ1v) is 5.64. The highest BCUT2D eigenvalue weighted by molar-refractivity contribution is 6.33. The van der Waals surface area contributed by atoms with E-state index in [1.165, 1.54) is 5.56 Å². The number of anilines is 2. The van der Waals surface area contributed by atoms with Crippen LogP contribution in [0.3, 0.4) is 0 Å². The summed E-state index contributed by atoms with van der Waals surface area (Å²) >= 11 is 6.17. The molecule has 0 heterocycles. The van der Waals surface area contributed by atoms with Crippen LogP contribution in [0, 0.1) is 13.8 Å². The van der Waals surface area contributed by atoms with E-state index in [0.29, 0.717) is 0 Å². The maximum absolute atomic E-state index is 6.17. The third kappa shape index (κ3) is 2.20. The molecule has 16 heavy (non-hydrogen) atoms. The molecule has 0 aliphatic heterocycles. The van der Waals surface area contributed by atoms with Crippen molar-refractivity contribution in [2.45, 2.75) is 13.8 Å². The number of nitrogens with one attached hydrogen (secondary N) is 1. The summed E-state index contributed by atoms with van der Waals surface area (Å²) in [6, 6.07) is 14.1. The summed E-state index contributed by atoms with van der Waals surface area (Å²) in [5.74, 6) is 0. The molecule has 0 spiro atoms. The molecule has 1 nitrogen and oxygen atoms in total. The summed E-state index contributed by atoms with van der Waals surface area (Å²) < 4.78 is 0. The lowest BCUT2D eigenvalue weighted by Crippen LogP contribution is -1.95. The molecule has 0 fully saturated rings. The zero-order valence-electron chi connectivity index (χ0n) is 9.42. The topological polar surface area (TPSA) is 12.0 Å². The minimum absolute atomic E-state index is 0.753. The van der Waals surface area contributed by atoms with E-state index in [-0.39, 0.29) is 0 Å². The van der Waals surface area contributed by atoms with E-state index in [1.54, 1.807) is 0 Å². The third-order valence-corrected chi connectivity index (χ3v) is 2.94. The molecule has 0 bridgehead atoms. The Balaban J connectivity index is 2.38. The first kappa shape index (κ1) is 11.0. The van der Waals surface area contributed by atoms with Crippen molar-refractivity contribution in [2.24, 2.45) is 0 Å². The average Bonchev–Trinajstić information content (AvgIpc) is 2.26. The van der Waals surface area contributed by atoms with Gasteiger partial charge in [-0.2, -0.15) is 0 Å². The fourth-order valence-electron chi connectivity index (χ4n) is 1.64. The predicted molar refractivity (Wildman–Crippen MR) is 70.7 cm³/mol. The minimum Gasteiger partial charge on any atom is -0.354 e. The molecule has 0 aromatic heterocycles. The van der Waals surface area contributed by atoms with Crippen LogP contribution < -0.4 is 5.32 Å². The highest BCUT2D eigenvalue weighted by Crippen LogP contribution is 2.29. The van der Waals surface area contributed by atoms with E-state index in [0.717, 1.165) is 22.0 Å². The molecule has 2 heteroatoms. The molecule has 0 saturated heterocycles. The van der Waals surface area contributed by atoms with E-state index in [9.17, 15) is 0 Å². The van der Waals surface area contributed by atoms with Gasteiger partial charge in [0.15, 0.2) is 0 Å². The molecule has 0 unspecified atom stereocenters. The Labute approximate surface area is 101 Å². The number of halogens is 1. The van der Waals surface area contributed by atoms with Crippen molar-refractivity contribution < 1.29 is 0 Å². The summed E-state index contributed by atoms with van der Waals surface area (Å²) in [4.78, 5) is 0. The van der Waals surface area contributed by atoms with Crippen LogP contribution in [0.2, 0.25) is 5.02 Å². The Morgan fingerprint density at radius 2 is 1.56 bits per heavy atom. The molecule has 0 radical (unpaired) electrons. The van der Waals surface area contributed by atoms with Gasteiger partial charge in [0.25, 0.3) is 0 Å². The summed E-state index contributed by atoms with van der Waals surface area (Å²) in [6.45, 7) is 4.13. The van der Waals surface area contributed by atoms with Gasteiger partial charge in [0.05, 0.1) is 10.7 Å². The van der Waals surface area contributed by atoms with Crippen molar-refractivity contribution in [2.75, 3.05) is 5.32 Å². The van der Waals surface area contributed by atoms with Gasteiger partial charge in [-0.3, -0.25) is 0 Å². The zero-order chi connectivity index (χ0) is 11.5. The predicted octanol–water partition coefficient (Wildman–Crippen LogP) is 4.70. The normalized spacial score (nSPS) is 10.2. The Morgan fingerprint density at radius 3 is 2.25 bits per heavy atom. The van der Waals surface area contributed by atoms with E-state index < -0.39 is 0 Å². The van der Waals surface area contributed by atoms with E-state index in [1.807, 2.05) is 37.3 Å². The van der Waals surface area contributed by atoms with Crippen LogP contribution in [0.25, 0.3) is 0 Å². The van der Waals surface area contributed by atoms with Crippen LogP contribution in [-0.2, 0) is 0 Å². The van der Waals surface area contributed by atoms with Gasteiger partial charge in [-0.25, -0.2) is 0 Å². The fraction of sp³-hybridized carbons (Fsp3) is 0.143. The SMILES string of the molecule is Cc1ccccc1Nc1c(C)cccc1Cl. The van der Waals surface area contributed by atoms with Crippen molar-refractivity contribution in [3.05, 3.63) is 58.6 Å². The molecule has 0 aliphatic rings. The van der Waals surface area contributed by atoms with Crippen molar-refractivity contribution in [3.8, 4) is 0 Å². The van der Waals surface area contributed by atoms with Crippen LogP contribution in [0.4, 0.5) is 11.4 Å². The molecule has 0 aliphatic carbocycles. The second kappa shape index (κ2) is 4.58. The van der Waals surface area contributed by atoms with E-state index in [2.05, 4.69) is 24.4 Å². The second-order valence-corrected chi connectivity index (χ2v) is 4.28. The Kier molecular flexibility index (Phi) is 3.16. The molecule has 0 atom stereocenters. The monoisotopic (exact) mass is 231 g/mol. The number of rotatable bonds is 2. The van der Waals surface area contributed by atoms with Crippen LogP contribution in [0.1, 0.15) is 11.1 Å². The summed E-state index contributed by atoms with van der Waals surface area (Å²) in [6.07, 6.45) is 0. The van der Waals surface area contributed by atoms with Gasteiger partial charge < -0.3 is 5.32 Å².